The number of rotatable bonds is 9. The van der Waals surface area contributed by atoms with Gasteiger partial charge in [0.25, 0.3) is 10.2 Å². The summed E-state index contributed by atoms with van der Waals surface area (Å²) in [4.78, 5) is 26.6. The Labute approximate surface area is 179 Å². The molecule has 0 unspecified atom stereocenters. The van der Waals surface area contributed by atoms with Crippen LogP contribution in [-0.2, 0) is 26.2 Å². The Hall–Kier alpha value is -1.97. The van der Waals surface area contributed by atoms with Crippen LogP contribution in [0, 0.1) is 0 Å². The fourth-order valence-corrected chi connectivity index (χ4v) is 5.11. The van der Waals surface area contributed by atoms with E-state index in [1.807, 2.05) is 37.3 Å². The third-order valence-electron chi connectivity index (χ3n) is 5.41. The van der Waals surface area contributed by atoms with Crippen molar-refractivity contribution in [1.82, 2.24) is 13.9 Å². The van der Waals surface area contributed by atoms with Gasteiger partial charge in [0.05, 0.1) is 0 Å². The first kappa shape index (κ1) is 24.3. The van der Waals surface area contributed by atoms with Gasteiger partial charge in [-0.1, -0.05) is 37.3 Å². The summed E-state index contributed by atoms with van der Waals surface area (Å²) < 4.78 is 34.4. The van der Waals surface area contributed by atoms with Crippen LogP contribution in [0.4, 0.5) is 4.79 Å². The molecule has 1 atom stereocenters. The van der Waals surface area contributed by atoms with Gasteiger partial charge in [-0.3, -0.25) is 0 Å². The topological polar surface area (TPSA) is 96.0 Å². The van der Waals surface area contributed by atoms with E-state index in [1.54, 1.807) is 20.8 Å². The molecule has 1 aromatic rings. The number of amides is 1. The summed E-state index contributed by atoms with van der Waals surface area (Å²) in [6.07, 6.45) is 1.35. The molecule has 1 heterocycles. The van der Waals surface area contributed by atoms with Crippen molar-refractivity contribution < 1.29 is 22.7 Å². The number of esters is 1. The molecule has 8 nitrogen and oxygen atoms in total. The Bertz CT molecular complexity index is 826. The molecule has 1 aromatic carbocycles. The molecule has 0 bridgehead atoms. The highest BCUT2D eigenvalue weighted by molar-refractivity contribution is 7.87. The van der Waals surface area contributed by atoms with Gasteiger partial charge in [-0.2, -0.15) is 17.4 Å². The summed E-state index contributed by atoms with van der Waals surface area (Å²) in [6, 6.07) is 8.72. The molecule has 0 aliphatic carbocycles. The molecule has 30 heavy (non-hydrogen) atoms. The molecule has 1 saturated heterocycles. The van der Waals surface area contributed by atoms with Gasteiger partial charge in [0.15, 0.2) is 0 Å². The largest absolute Gasteiger partial charge is 0.417 e. The summed E-state index contributed by atoms with van der Waals surface area (Å²) in [5, 5.41) is 0. The van der Waals surface area contributed by atoms with Crippen molar-refractivity contribution in [3.63, 3.8) is 0 Å². The third kappa shape index (κ3) is 6.52. The zero-order valence-corrected chi connectivity index (χ0v) is 19.1. The average molecular weight is 440 g/mol. The molecule has 1 fully saturated rings. The molecule has 1 amide bonds. The Morgan fingerprint density at radius 2 is 1.90 bits per heavy atom. The summed E-state index contributed by atoms with van der Waals surface area (Å²) in [5.74, 6) is -0.824. The number of hydrogen-bond acceptors (Lipinski definition) is 5. The van der Waals surface area contributed by atoms with Crippen LogP contribution in [0.5, 0.6) is 0 Å². The second kappa shape index (κ2) is 10.4. The number of likely N-dealkylation sites (N-methyl/N-ethyl adjacent to an activating group) is 1. The van der Waals surface area contributed by atoms with Crippen LogP contribution in [0.3, 0.4) is 0 Å². The third-order valence-corrected chi connectivity index (χ3v) is 7.28. The van der Waals surface area contributed by atoms with Gasteiger partial charge in [0, 0.05) is 25.2 Å². The maximum Gasteiger partial charge on any atom is 0.417 e. The maximum atomic E-state index is 12.8. The zero-order valence-electron chi connectivity index (χ0n) is 18.3. The van der Waals surface area contributed by atoms with Gasteiger partial charge < -0.3 is 9.64 Å². The fourth-order valence-electron chi connectivity index (χ4n) is 3.25. The first-order chi connectivity index (χ1) is 14.1. The monoisotopic (exact) mass is 439 g/mol. The van der Waals surface area contributed by atoms with Crippen LogP contribution in [0.1, 0.15) is 52.5 Å². The fraction of sp³-hybridized carbons (Fsp3) is 0.619. The van der Waals surface area contributed by atoms with Crippen LogP contribution in [0.25, 0.3) is 0 Å². The first-order valence-corrected chi connectivity index (χ1v) is 11.9. The molecule has 9 heteroatoms. The van der Waals surface area contributed by atoms with E-state index in [0.29, 0.717) is 38.8 Å². The van der Waals surface area contributed by atoms with E-state index in [2.05, 4.69) is 4.72 Å². The Balaban J connectivity index is 1.99. The lowest BCUT2D eigenvalue weighted by Crippen LogP contribution is -2.53. The molecule has 0 spiro atoms. The van der Waals surface area contributed by atoms with Gasteiger partial charge in [0.1, 0.15) is 6.04 Å². The van der Waals surface area contributed by atoms with Crippen molar-refractivity contribution >= 4 is 22.3 Å². The molecule has 0 radical (unpaired) electrons. The van der Waals surface area contributed by atoms with E-state index in [1.165, 1.54) is 4.90 Å². The van der Waals surface area contributed by atoms with Crippen molar-refractivity contribution in [2.24, 2.45) is 0 Å². The lowest BCUT2D eigenvalue weighted by Gasteiger charge is -2.30. The van der Waals surface area contributed by atoms with E-state index in [4.69, 9.17) is 4.74 Å². The number of nitrogens with one attached hydrogen (secondary N) is 1. The molecule has 168 valence electrons. The van der Waals surface area contributed by atoms with Crippen LogP contribution < -0.4 is 4.72 Å². The minimum atomic E-state index is -3.87. The van der Waals surface area contributed by atoms with Crippen molar-refractivity contribution in [2.45, 2.75) is 65.0 Å². The van der Waals surface area contributed by atoms with Crippen LogP contribution in [-0.4, -0.2) is 60.9 Å². The molecular weight excluding hydrogens is 406 g/mol. The van der Waals surface area contributed by atoms with Gasteiger partial charge in [-0.15, -0.1) is 0 Å². The van der Waals surface area contributed by atoms with Crippen LogP contribution in [0.15, 0.2) is 30.3 Å². The van der Waals surface area contributed by atoms with Crippen molar-refractivity contribution in [3.8, 4) is 0 Å². The number of benzene rings is 1. The van der Waals surface area contributed by atoms with E-state index >= 15 is 0 Å². The molecule has 0 aromatic heterocycles. The number of carbonyl (C=O) groups excluding carboxylic acids is 2. The smallest absolute Gasteiger partial charge is 0.375 e. The second-order valence-electron chi connectivity index (χ2n) is 8.12. The summed E-state index contributed by atoms with van der Waals surface area (Å²) in [5.41, 5.74) is 0.440. The van der Waals surface area contributed by atoms with E-state index in [9.17, 15) is 18.0 Å². The van der Waals surface area contributed by atoms with Crippen molar-refractivity contribution in [3.05, 3.63) is 35.9 Å². The standard InChI is InChI=1S/C21H33N3O5S/c1-5-21(3,4)22-30(27,28)24-15-10-13-18(24)19(25)29-20(26)23(6-2)16-14-17-11-8-7-9-12-17/h7-9,11-12,18,22H,5-6,10,13-16H2,1-4H3/t18-/m0/s1. The van der Waals surface area contributed by atoms with Gasteiger partial charge in [-0.05, 0) is 52.0 Å². The predicted octanol–water partition coefficient (Wildman–Crippen LogP) is 2.70. The van der Waals surface area contributed by atoms with Crippen molar-refractivity contribution in [1.29, 1.82) is 0 Å². The normalized spacial score (nSPS) is 17.7. The minimum Gasteiger partial charge on any atom is -0.375 e. The van der Waals surface area contributed by atoms with Gasteiger partial charge >= 0.3 is 12.1 Å². The quantitative estimate of drug-likeness (QED) is 0.471. The predicted molar refractivity (Wildman–Crippen MR) is 115 cm³/mol. The number of hydrogen-bond donors (Lipinski definition) is 1. The van der Waals surface area contributed by atoms with Crippen LogP contribution >= 0.6 is 0 Å². The zero-order chi connectivity index (χ0) is 22.4. The van der Waals surface area contributed by atoms with Crippen molar-refractivity contribution in [2.75, 3.05) is 19.6 Å². The van der Waals surface area contributed by atoms with Crippen LogP contribution in [0.2, 0.25) is 0 Å². The summed E-state index contributed by atoms with van der Waals surface area (Å²) in [7, 11) is -3.87. The highest BCUT2D eigenvalue weighted by atomic mass is 32.2. The highest BCUT2D eigenvalue weighted by Gasteiger charge is 2.42. The van der Waals surface area contributed by atoms with E-state index in [0.717, 1.165) is 9.87 Å². The van der Waals surface area contributed by atoms with E-state index in [-0.39, 0.29) is 6.54 Å². The Morgan fingerprint density at radius 1 is 1.23 bits per heavy atom. The molecule has 0 saturated carbocycles. The van der Waals surface area contributed by atoms with E-state index < -0.39 is 33.9 Å². The summed E-state index contributed by atoms with van der Waals surface area (Å²) in [6.45, 7) is 8.26. The highest BCUT2D eigenvalue weighted by Crippen LogP contribution is 2.23. The van der Waals surface area contributed by atoms with Gasteiger partial charge in [-0.25, -0.2) is 9.59 Å². The SMILES string of the molecule is CCN(CCc1ccccc1)C(=O)OC(=O)[C@@H]1CCCN1S(=O)(=O)NC(C)(C)CC. The lowest BCUT2D eigenvalue weighted by atomic mass is 10.0. The molecule has 1 aliphatic rings. The average Bonchev–Trinajstić information content (AvgIpc) is 3.20. The lowest BCUT2D eigenvalue weighted by molar-refractivity contribution is -0.142. The Morgan fingerprint density at radius 3 is 2.50 bits per heavy atom. The first-order valence-electron chi connectivity index (χ1n) is 10.4. The number of nitrogens with zero attached hydrogens (tertiary/aromatic N) is 2. The minimum absolute atomic E-state index is 0.217. The number of ether oxygens (including phenoxy) is 1. The molecule has 1 N–H and O–H groups in total. The second-order valence-corrected chi connectivity index (χ2v) is 9.74. The van der Waals surface area contributed by atoms with Gasteiger partial charge in [0.2, 0.25) is 0 Å². The number of carbonyl (C=O) groups is 2. The Kier molecular flexibility index (Phi) is 8.40. The molecular formula is C21H33N3O5S. The molecule has 2 rings (SSSR count). The maximum absolute atomic E-state index is 12.8. The molecule has 1 aliphatic heterocycles. The summed E-state index contributed by atoms with van der Waals surface area (Å²) >= 11 is 0.